The summed E-state index contributed by atoms with van der Waals surface area (Å²) >= 11 is 0. The first-order valence-corrected chi connectivity index (χ1v) is 13.7. The molecule has 0 fully saturated rings. The molecule has 4 aromatic carbocycles. The highest BCUT2D eigenvalue weighted by Crippen LogP contribution is 2.48. The van der Waals surface area contributed by atoms with E-state index in [1.54, 1.807) is 12.1 Å². The first-order valence-electron chi connectivity index (χ1n) is 13.7. The topological polar surface area (TPSA) is 119 Å². The van der Waals surface area contributed by atoms with Crippen LogP contribution in [0.1, 0.15) is 22.9 Å². The van der Waals surface area contributed by atoms with Gasteiger partial charge < -0.3 is 19.7 Å². The normalized spacial score (nSPS) is 16.0. The minimum absolute atomic E-state index is 0.00823. The first-order chi connectivity index (χ1) is 21.0. The molecule has 1 N–H and O–H groups in total. The van der Waals surface area contributed by atoms with Crippen LogP contribution in [0.2, 0.25) is 0 Å². The number of nitrogens with zero attached hydrogens (tertiary/aromatic N) is 6. The SMILES string of the molecule is Cc1nn(-c2ccccc2)c2c1[C@@H](c1cccc([N+](=O)[O-])c1)N1C(=N2)C(Nc2ccc3c(c2)OCO3)=Nc2ccccc21. The maximum Gasteiger partial charge on any atom is 0.269 e. The van der Waals surface area contributed by atoms with Gasteiger partial charge in [0.05, 0.1) is 33.7 Å². The van der Waals surface area contributed by atoms with Crippen molar-refractivity contribution in [1.82, 2.24) is 9.78 Å². The number of nitro benzene ring substituents is 1. The van der Waals surface area contributed by atoms with Crippen molar-refractivity contribution in [3.8, 4) is 17.2 Å². The van der Waals surface area contributed by atoms with Crippen LogP contribution in [0.25, 0.3) is 5.69 Å². The number of rotatable bonds is 4. The lowest BCUT2D eigenvalue weighted by Crippen LogP contribution is -2.46. The van der Waals surface area contributed by atoms with Crippen LogP contribution >= 0.6 is 0 Å². The molecule has 0 radical (unpaired) electrons. The van der Waals surface area contributed by atoms with Crippen molar-refractivity contribution in [2.45, 2.75) is 13.0 Å². The van der Waals surface area contributed by atoms with E-state index < -0.39 is 6.04 Å². The molecule has 43 heavy (non-hydrogen) atoms. The predicted molar refractivity (Wildman–Crippen MR) is 163 cm³/mol. The lowest BCUT2D eigenvalue weighted by Gasteiger charge is -2.40. The number of nitro groups is 1. The van der Waals surface area contributed by atoms with Crippen molar-refractivity contribution in [3.05, 3.63) is 124 Å². The molecule has 0 unspecified atom stereocenters. The average molecular weight is 570 g/mol. The molecule has 11 heteroatoms. The molecule has 0 bridgehead atoms. The fourth-order valence-corrected chi connectivity index (χ4v) is 5.78. The van der Waals surface area contributed by atoms with Crippen molar-refractivity contribution >= 4 is 40.2 Å². The number of amidine groups is 2. The number of aliphatic imine (C=N–C) groups is 2. The smallest absolute Gasteiger partial charge is 0.269 e. The lowest BCUT2D eigenvalue weighted by atomic mass is 9.93. The van der Waals surface area contributed by atoms with Gasteiger partial charge in [0.1, 0.15) is 0 Å². The van der Waals surface area contributed by atoms with E-state index >= 15 is 0 Å². The Balaban J connectivity index is 1.37. The summed E-state index contributed by atoms with van der Waals surface area (Å²) in [4.78, 5) is 23.8. The van der Waals surface area contributed by atoms with Crippen LogP contribution in [0.4, 0.5) is 28.6 Å². The molecule has 1 atom stereocenters. The second-order valence-electron chi connectivity index (χ2n) is 10.3. The van der Waals surface area contributed by atoms with E-state index in [1.165, 1.54) is 6.07 Å². The van der Waals surface area contributed by atoms with E-state index in [-0.39, 0.29) is 17.4 Å². The zero-order valence-corrected chi connectivity index (χ0v) is 22.8. The Morgan fingerprint density at radius 3 is 2.58 bits per heavy atom. The quantitative estimate of drug-likeness (QED) is 0.191. The Kier molecular flexibility index (Phi) is 5.51. The number of nitrogens with one attached hydrogen (secondary N) is 1. The minimum Gasteiger partial charge on any atom is -0.454 e. The van der Waals surface area contributed by atoms with Crippen molar-refractivity contribution in [2.75, 3.05) is 17.0 Å². The van der Waals surface area contributed by atoms with Gasteiger partial charge in [0.25, 0.3) is 5.69 Å². The van der Waals surface area contributed by atoms with Crippen molar-refractivity contribution in [2.24, 2.45) is 9.98 Å². The van der Waals surface area contributed by atoms with E-state index in [9.17, 15) is 10.1 Å². The maximum absolute atomic E-state index is 11.9. The number of aromatic nitrogens is 2. The summed E-state index contributed by atoms with van der Waals surface area (Å²) in [6, 6.07) is 29.4. The van der Waals surface area contributed by atoms with Crippen LogP contribution in [-0.4, -0.2) is 33.2 Å². The van der Waals surface area contributed by atoms with Gasteiger partial charge in [-0.1, -0.05) is 42.5 Å². The van der Waals surface area contributed by atoms with Crippen LogP contribution in [0.3, 0.4) is 0 Å². The summed E-state index contributed by atoms with van der Waals surface area (Å²) < 4.78 is 12.9. The number of aryl methyl sites for hydroxylation is 1. The first kappa shape index (κ1) is 24.8. The monoisotopic (exact) mass is 569 g/mol. The van der Waals surface area contributed by atoms with E-state index in [0.29, 0.717) is 29.0 Å². The third-order valence-corrected chi connectivity index (χ3v) is 7.67. The lowest BCUT2D eigenvalue weighted by molar-refractivity contribution is -0.384. The molecule has 0 amide bonds. The number of fused-ring (bicyclic) bond motifs is 5. The number of hydrogen-bond acceptors (Lipinski definition) is 9. The van der Waals surface area contributed by atoms with Crippen LogP contribution < -0.4 is 19.7 Å². The van der Waals surface area contributed by atoms with Crippen LogP contribution in [0.5, 0.6) is 11.5 Å². The molecule has 210 valence electrons. The van der Waals surface area contributed by atoms with Crippen LogP contribution in [0.15, 0.2) is 107 Å². The van der Waals surface area contributed by atoms with Gasteiger partial charge in [-0.3, -0.25) is 10.1 Å². The molecule has 0 saturated carbocycles. The number of ether oxygens (including phenoxy) is 2. The highest BCUT2D eigenvalue weighted by Gasteiger charge is 2.42. The molecule has 0 saturated heterocycles. The number of anilines is 2. The molecule has 3 aliphatic heterocycles. The maximum atomic E-state index is 11.9. The molecular weight excluding hydrogens is 546 g/mol. The molecular formula is C32H23N7O4. The molecule has 0 aliphatic carbocycles. The molecule has 11 nitrogen and oxygen atoms in total. The zero-order chi connectivity index (χ0) is 29.1. The second kappa shape index (κ2) is 9.55. The Bertz CT molecular complexity index is 2000. The van der Waals surface area contributed by atoms with Gasteiger partial charge in [0.2, 0.25) is 6.79 Å². The summed E-state index contributed by atoms with van der Waals surface area (Å²) in [6.07, 6.45) is 0. The van der Waals surface area contributed by atoms with Gasteiger partial charge in [0.15, 0.2) is 29.0 Å². The Hall–Kier alpha value is -5.97. The van der Waals surface area contributed by atoms with Crippen molar-refractivity contribution in [1.29, 1.82) is 0 Å². The largest absolute Gasteiger partial charge is 0.454 e. The molecule has 3 aliphatic rings. The van der Waals surface area contributed by atoms with E-state index in [0.717, 1.165) is 39.6 Å². The molecule has 8 rings (SSSR count). The van der Waals surface area contributed by atoms with Gasteiger partial charge in [-0.15, -0.1) is 0 Å². The van der Waals surface area contributed by atoms with Gasteiger partial charge in [-0.2, -0.15) is 5.10 Å². The predicted octanol–water partition coefficient (Wildman–Crippen LogP) is 6.61. The summed E-state index contributed by atoms with van der Waals surface area (Å²) in [5.74, 6) is 3.01. The summed E-state index contributed by atoms with van der Waals surface area (Å²) in [6.45, 7) is 2.11. The second-order valence-corrected chi connectivity index (χ2v) is 10.3. The fourth-order valence-electron chi connectivity index (χ4n) is 5.78. The Morgan fingerprint density at radius 1 is 0.907 bits per heavy atom. The molecule has 0 spiro atoms. The molecule has 4 heterocycles. The number of benzene rings is 4. The van der Waals surface area contributed by atoms with E-state index in [4.69, 9.17) is 24.6 Å². The molecule has 1 aromatic heterocycles. The zero-order valence-electron chi connectivity index (χ0n) is 22.8. The average Bonchev–Trinajstić information content (AvgIpc) is 3.64. The van der Waals surface area contributed by atoms with E-state index in [2.05, 4.69) is 10.2 Å². The van der Waals surface area contributed by atoms with Crippen molar-refractivity contribution in [3.63, 3.8) is 0 Å². The van der Waals surface area contributed by atoms with Gasteiger partial charge in [-0.05, 0) is 48.9 Å². The fraction of sp³-hybridized carbons (Fsp3) is 0.0938. The van der Waals surface area contributed by atoms with Crippen LogP contribution in [0, 0.1) is 17.0 Å². The third-order valence-electron chi connectivity index (χ3n) is 7.67. The number of hydrogen-bond donors (Lipinski definition) is 1. The van der Waals surface area contributed by atoms with Crippen LogP contribution in [-0.2, 0) is 0 Å². The van der Waals surface area contributed by atoms with Gasteiger partial charge >= 0.3 is 0 Å². The number of non-ortho nitro benzene ring substituents is 1. The third kappa shape index (κ3) is 4.01. The Labute approximate surface area is 245 Å². The number of para-hydroxylation sites is 3. The highest BCUT2D eigenvalue weighted by atomic mass is 16.7. The molecule has 5 aromatic rings. The summed E-state index contributed by atoms with van der Waals surface area (Å²) in [5.41, 5.74) is 5.52. The standard InChI is InChI=1S/C32H23N7O4/c1-19-28-29(20-8-7-11-23(16-20)39(40)41)37-25-13-6-5-12-24(25)34-30(33-21-14-15-26-27(17-21)43-18-42-26)32(37)35-31(28)38(36-19)22-9-3-2-4-10-22/h2-17,29H,18H2,1H3,(H,33,34)/t29-/m1/s1. The summed E-state index contributed by atoms with van der Waals surface area (Å²) in [5, 5.41) is 20.2. The highest BCUT2D eigenvalue weighted by molar-refractivity contribution is 6.51. The minimum atomic E-state index is -0.481. The van der Waals surface area contributed by atoms with E-state index in [1.807, 2.05) is 90.5 Å². The van der Waals surface area contributed by atoms with Crippen molar-refractivity contribution < 1.29 is 14.4 Å². The van der Waals surface area contributed by atoms with Gasteiger partial charge in [-0.25, -0.2) is 14.7 Å². The Morgan fingerprint density at radius 2 is 1.72 bits per heavy atom. The summed E-state index contributed by atoms with van der Waals surface area (Å²) in [7, 11) is 0. The van der Waals surface area contributed by atoms with Gasteiger partial charge in [0, 0.05) is 29.4 Å².